The first kappa shape index (κ1) is 15.7. The molecule has 0 radical (unpaired) electrons. The van der Waals surface area contributed by atoms with Gasteiger partial charge < -0.3 is 4.74 Å². The van der Waals surface area contributed by atoms with E-state index in [2.05, 4.69) is 24.0 Å². The number of aryl methyl sites for hydroxylation is 1. The Morgan fingerprint density at radius 1 is 1.12 bits per heavy atom. The second-order valence-corrected chi connectivity index (χ2v) is 6.65. The number of ketones is 1. The van der Waals surface area contributed by atoms with E-state index in [-0.39, 0.29) is 11.7 Å². The van der Waals surface area contributed by atoms with Gasteiger partial charge in [-0.3, -0.25) is 4.79 Å². The molecule has 3 aromatic rings. The molecule has 128 valence electrons. The van der Waals surface area contributed by atoms with Crippen LogP contribution in [0.1, 0.15) is 54.5 Å². The lowest BCUT2D eigenvalue weighted by Crippen LogP contribution is -2.18. The summed E-state index contributed by atoms with van der Waals surface area (Å²) in [5, 5.41) is 13.4. The second kappa shape index (κ2) is 5.95. The summed E-state index contributed by atoms with van der Waals surface area (Å²) in [5.41, 5.74) is 5.02. The van der Waals surface area contributed by atoms with Crippen molar-refractivity contribution in [1.29, 1.82) is 0 Å². The van der Waals surface area contributed by atoms with Gasteiger partial charge in [0.2, 0.25) is 0 Å². The molecule has 0 bridgehead atoms. The van der Waals surface area contributed by atoms with E-state index in [1.165, 1.54) is 0 Å². The van der Waals surface area contributed by atoms with Crippen LogP contribution in [0.4, 0.5) is 0 Å². The molecule has 1 aromatic carbocycles. The summed E-state index contributed by atoms with van der Waals surface area (Å²) in [5.74, 6) is 1.09. The maximum Gasteiger partial charge on any atom is 0.185 e. The molecule has 0 amide bonds. The molecule has 0 N–H and O–H groups in total. The van der Waals surface area contributed by atoms with E-state index >= 15 is 0 Å². The first-order valence-corrected chi connectivity index (χ1v) is 8.56. The van der Waals surface area contributed by atoms with Gasteiger partial charge in [0, 0.05) is 6.42 Å². The Morgan fingerprint density at radius 2 is 1.88 bits per heavy atom. The number of carbonyl (C=O) groups excluding carboxylic acids is 1. The van der Waals surface area contributed by atoms with Crippen LogP contribution in [0.3, 0.4) is 0 Å². The molecule has 1 aliphatic rings. The number of hydrogen-bond acceptors (Lipinski definition) is 5. The largest absolute Gasteiger partial charge is 0.497 e. The summed E-state index contributed by atoms with van der Waals surface area (Å²) in [6, 6.07) is 7.87. The van der Waals surface area contributed by atoms with Crippen molar-refractivity contribution >= 4 is 11.4 Å². The summed E-state index contributed by atoms with van der Waals surface area (Å²) >= 11 is 0. The Morgan fingerprint density at radius 3 is 2.56 bits per heavy atom. The number of Topliss-reactive ketones (excluding diaryl/α,β-unsaturated/α-hetero) is 1. The highest BCUT2D eigenvalue weighted by Crippen LogP contribution is 2.34. The minimum atomic E-state index is 0.0586. The lowest BCUT2D eigenvalue weighted by molar-refractivity contribution is 0.0964. The molecule has 0 fully saturated rings. The molecule has 0 atom stereocenters. The van der Waals surface area contributed by atoms with E-state index in [9.17, 15) is 4.79 Å². The molecule has 2 heterocycles. The van der Waals surface area contributed by atoms with E-state index in [0.717, 1.165) is 41.1 Å². The average Bonchev–Trinajstić information content (AvgIpc) is 3.02. The van der Waals surface area contributed by atoms with Gasteiger partial charge in [-0.2, -0.15) is 5.10 Å². The van der Waals surface area contributed by atoms with Gasteiger partial charge in [-0.25, -0.2) is 4.52 Å². The van der Waals surface area contributed by atoms with Crippen molar-refractivity contribution in [3.05, 3.63) is 41.3 Å². The third kappa shape index (κ3) is 2.49. The van der Waals surface area contributed by atoms with E-state index in [0.29, 0.717) is 17.8 Å². The number of nitrogens with zero attached hydrogens (tertiary/aromatic N) is 4. The van der Waals surface area contributed by atoms with Gasteiger partial charge in [-0.15, -0.1) is 10.2 Å². The third-order valence-corrected chi connectivity index (χ3v) is 4.67. The lowest BCUT2D eigenvalue weighted by atomic mass is 9.98. The highest BCUT2D eigenvalue weighted by molar-refractivity contribution is 5.96. The minimum Gasteiger partial charge on any atom is -0.497 e. The number of carbonyl (C=O) groups is 1. The molecule has 6 nitrogen and oxygen atoms in total. The number of rotatable bonds is 3. The maximum absolute atomic E-state index is 12.1. The summed E-state index contributed by atoms with van der Waals surface area (Å²) in [4.78, 5) is 12.1. The summed E-state index contributed by atoms with van der Waals surface area (Å²) in [7, 11) is 1.65. The zero-order valence-corrected chi connectivity index (χ0v) is 14.6. The molecule has 0 spiro atoms. The average molecular weight is 336 g/mol. The van der Waals surface area contributed by atoms with Crippen molar-refractivity contribution in [2.24, 2.45) is 0 Å². The second-order valence-electron chi connectivity index (χ2n) is 6.65. The quantitative estimate of drug-likeness (QED) is 0.733. The van der Waals surface area contributed by atoms with Crippen LogP contribution in [0.25, 0.3) is 16.8 Å². The molecule has 0 aliphatic heterocycles. The fourth-order valence-corrected chi connectivity index (χ4v) is 3.38. The van der Waals surface area contributed by atoms with Gasteiger partial charge in [0.05, 0.1) is 24.1 Å². The first-order valence-electron chi connectivity index (χ1n) is 8.56. The Hall–Kier alpha value is -2.76. The summed E-state index contributed by atoms with van der Waals surface area (Å²) in [6.45, 7) is 4.22. The monoisotopic (exact) mass is 336 g/mol. The minimum absolute atomic E-state index is 0.0586. The van der Waals surface area contributed by atoms with Gasteiger partial charge in [0.15, 0.2) is 17.1 Å². The zero-order chi connectivity index (χ0) is 17.6. The van der Waals surface area contributed by atoms with Crippen LogP contribution in [-0.2, 0) is 6.42 Å². The van der Waals surface area contributed by atoms with Crippen molar-refractivity contribution in [1.82, 2.24) is 19.8 Å². The number of benzene rings is 1. The van der Waals surface area contributed by atoms with Gasteiger partial charge in [-0.05, 0) is 36.5 Å². The Kier molecular flexibility index (Phi) is 3.75. The van der Waals surface area contributed by atoms with E-state index in [1.807, 2.05) is 28.8 Å². The predicted octanol–water partition coefficient (Wildman–Crippen LogP) is 3.44. The van der Waals surface area contributed by atoms with Crippen LogP contribution in [0, 0.1) is 0 Å². The molecule has 1 aliphatic carbocycles. The zero-order valence-electron chi connectivity index (χ0n) is 14.6. The van der Waals surface area contributed by atoms with Gasteiger partial charge in [0.25, 0.3) is 0 Å². The predicted molar refractivity (Wildman–Crippen MR) is 94.1 cm³/mol. The fraction of sp³-hybridized carbons (Fsp3) is 0.368. The van der Waals surface area contributed by atoms with Crippen molar-refractivity contribution < 1.29 is 9.53 Å². The van der Waals surface area contributed by atoms with Crippen molar-refractivity contribution in [2.45, 2.75) is 39.0 Å². The van der Waals surface area contributed by atoms with Gasteiger partial charge in [0.1, 0.15) is 5.75 Å². The smallest absolute Gasteiger partial charge is 0.185 e. The Balaban J connectivity index is 1.99. The van der Waals surface area contributed by atoms with Gasteiger partial charge in [-0.1, -0.05) is 26.0 Å². The van der Waals surface area contributed by atoms with Crippen LogP contribution >= 0.6 is 0 Å². The molecule has 25 heavy (non-hydrogen) atoms. The van der Waals surface area contributed by atoms with Crippen LogP contribution < -0.4 is 4.74 Å². The van der Waals surface area contributed by atoms with E-state index in [1.54, 1.807) is 7.11 Å². The number of ether oxygens (including phenoxy) is 1. The summed E-state index contributed by atoms with van der Waals surface area (Å²) in [6.07, 6.45) is 2.17. The normalized spacial score (nSPS) is 14.2. The van der Waals surface area contributed by atoms with Crippen LogP contribution in [0.15, 0.2) is 24.3 Å². The van der Waals surface area contributed by atoms with Crippen molar-refractivity contribution in [3.8, 4) is 16.9 Å². The van der Waals surface area contributed by atoms with Gasteiger partial charge >= 0.3 is 0 Å². The fourth-order valence-electron chi connectivity index (χ4n) is 3.38. The molecule has 4 rings (SSSR count). The third-order valence-electron chi connectivity index (χ3n) is 4.67. The molecule has 0 saturated carbocycles. The van der Waals surface area contributed by atoms with E-state index < -0.39 is 0 Å². The topological polar surface area (TPSA) is 69.4 Å². The number of fused-ring (bicyclic) bond motifs is 3. The number of aromatic nitrogens is 4. The van der Waals surface area contributed by atoms with Crippen molar-refractivity contribution in [3.63, 3.8) is 0 Å². The van der Waals surface area contributed by atoms with E-state index in [4.69, 9.17) is 9.84 Å². The Bertz CT molecular complexity index is 958. The Labute approximate surface area is 145 Å². The summed E-state index contributed by atoms with van der Waals surface area (Å²) < 4.78 is 7.08. The molecular formula is C19H20N4O2. The molecule has 6 heteroatoms. The standard InChI is InChI=1S/C19H20N4O2/c1-11(2)17-16(12-7-9-13(25-3)10-8-12)19-21-20-18-14(23(19)22-17)5-4-6-15(18)24/h7-11H,4-6H2,1-3H3. The number of hydrogen-bond donors (Lipinski definition) is 0. The molecule has 2 aromatic heterocycles. The SMILES string of the molecule is COc1ccc(-c2c(C(C)C)nn3c4c(nnc23)C(=O)CCC4)cc1. The highest BCUT2D eigenvalue weighted by Gasteiger charge is 2.26. The lowest BCUT2D eigenvalue weighted by Gasteiger charge is -2.13. The van der Waals surface area contributed by atoms with Crippen LogP contribution in [0.2, 0.25) is 0 Å². The first-order chi connectivity index (χ1) is 12.1. The highest BCUT2D eigenvalue weighted by atomic mass is 16.5. The maximum atomic E-state index is 12.1. The molecular weight excluding hydrogens is 316 g/mol. The number of methoxy groups -OCH3 is 1. The van der Waals surface area contributed by atoms with Crippen molar-refractivity contribution in [2.75, 3.05) is 7.11 Å². The molecule has 0 unspecified atom stereocenters. The van der Waals surface area contributed by atoms with Crippen LogP contribution in [-0.4, -0.2) is 32.7 Å². The molecule has 0 saturated heterocycles. The van der Waals surface area contributed by atoms with Crippen LogP contribution in [0.5, 0.6) is 5.75 Å².